The lowest BCUT2D eigenvalue weighted by Gasteiger charge is -2.04. The highest BCUT2D eigenvalue weighted by Gasteiger charge is 2.13. The zero-order valence-electron chi connectivity index (χ0n) is 8.72. The second-order valence-electron chi connectivity index (χ2n) is 3.46. The zero-order valence-corrected chi connectivity index (χ0v) is 8.72. The lowest BCUT2D eigenvalue weighted by Crippen LogP contribution is -2.09. The third-order valence-corrected chi connectivity index (χ3v) is 2.15. The van der Waals surface area contributed by atoms with Crippen molar-refractivity contribution in [3.63, 3.8) is 0 Å². The molecule has 1 aromatic carbocycles. The molecule has 88 valence electrons. The van der Waals surface area contributed by atoms with Crippen molar-refractivity contribution in [1.29, 1.82) is 0 Å². The number of aromatic nitrogens is 2. The van der Waals surface area contributed by atoms with Gasteiger partial charge < -0.3 is 4.98 Å². The fourth-order valence-corrected chi connectivity index (χ4v) is 1.44. The Kier molecular flexibility index (Phi) is 2.71. The largest absolute Gasteiger partial charge is 0.311 e. The summed E-state index contributed by atoms with van der Waals surface area (Å²) in [6, 6.07) is 2.11. The summed E-state index contributed by atoms with van der Waals surface area (Å²) in [6.07, 6.45) is 0. The minimum absolute atomic E-state index is 0.0392. The first-order valence-corrected chi connectivity index (χ1v) is 4.70. The molecule has 0 aliphatic carbocycles. The monoisotopic (exact) mass is 240 g/mol. The van der Waals surface area contributed by atoms with Gasteiger partial charge in [0.25, 0.3) is 5.56 Å². The van der Waals surface area contributed by atoms with E-state index in [2.05, 4.69) is 9.97 Å². The average Bonchev–Trinajstić information content (AvgIpc) is 2.22. The van der Waals surface area contributed by atoms with Gasteiger partial charge in [0.2, 0.25) is 0 Å². The maximum absolute atomic E-state index is 13.4. The van der Waals surface area contributed by atoms with Crippen LogP contribution in [-0.2, 0) is 0 Å². The van der Waals surface area contributed by atoms with Crippen LogP contribution in [-0.4, -0.2) is 9.97 Å². The number of benzene rings is 1. The van der Waals surface area contributed by atoms with Crippen molar-refractivity contribution in [3.05, 3.63) is 51.8 Å². The molecule has 0 fully saturated rings. The fraction of sp³-hybridized carbons (Fsp3) is 0.0909. The van der Waals surface area contributed by atoms with Crippen molar-refractivity contribution in [2.45, 2.75) is 6.92 Å². The van der Waals surface area contributed by atoms with Crippen LogP contribution in [0, 0.1) is 24.4 Å². The van der Waals surface area contributed by atoms with E-state index in [1.54, 1.807) is 0 Å². The van der Waals surface area contributed by atoms with Crippen LogP contribution >= 0.6 is 0 Å². The quantitative estimate of drug-likeness (QED) is 0.776. The molecule has 6 heteroatoms. The van der Waals surface area contributed by atoms with Gasteiger partial charge in [-0.3, -0.25) is 4.79 Å². The number of halogens is 3. The summed E-state index contributed by atoms with van der Waals surface area (Å²) in [5.41, 5.74) is -0.780. The number of hydrogen-bond donors (Lipinski definition) is 1. The highest BCUT2D eigenvalue weighted by molar-refractivity contribution is 5.59. The number of nitrogens with one attached hydrogen (secondary N) is 1. The minimum Gasteiger partial charge on any atom is -0.311 e. The van der Waals surface area contributed by atoms with E-state index in [4.69, 9.17) is 0 Å². The summed E-state index contributed by atoms with van der Waals surface area (Å²) in [5, 5.41) is 0. The molecule has 0 aliphatic rings. The van der Waals surface area contributed by atoms with Crippen LogP contribution in [0.2, 0.25) is 0 Å². The molecule has 17 heavy (non-hydrogen) atoms. The van der Waals surface area contributed by atoms with Crippen molar-refractivity contribution in [1.82, 2.24) is 9.97 Å². The van der Waals surface area contributed by atoms with Gasteiger partial charge in [-0.25, -0.2) is 18.2 Å². The van der Waals surface area contributed by atoms with Gasteiger partial charge in [-0.2, -0.15) is 0 Å². The molecule has 2 aromatic rings. The molecule has 2 rings (SSSR count). The van der Waals surface area contributed by atoms with Crippen LogP contribution in [0.5, 0.6) is 0 Å². The van der Waals surface area contributed by atoms with Gasteiger partial charge in [0, 0.05) is 17.7 Å². The predicted molar refractivity (Wildman–Crippen MR) is 54.9 cm³/mol. The summed E-state index contributed by atoms with van der Waals surface area (Å²) in [4.78, 5) is 17.4. The second kappa shape index (κ2) is 4.04. The Morgan fingerprint density at radius 1 is 1.06 bits per heavy atom. The average molecular weight is 240 g/mol. The number of nitrogens with zero attached hydrogens (tertiary/aromatic N) is 1. The van der Waals surface area contributed by atoms with Gasteiger partial charge in [-0.15, -0.1) is 0 Å². The molecule has 0 aliphatic heterocycles. The van der Waals surface area contributed by atoms with E-state index in [1.165, 1.54) is 6.92 Å². The Balaban J connectivity index is 2.68. The standard InChI is InChI=1S/C11H7F3N2O/c1-5-15-10(4-11(17)16-5)6-2-8(13)9(14)3-7(6)12/h2-4H,1H3,(H,15,16,17). The molecule has 1 aromatic heterocycles. The molecular weight excluding hydrogens is 233 g/mol. The summed E-state index contributed by atoms with van der Waals surface area (Å²) >= 11 is 0. The highest BCUT2D eigenvalue weighted by Crippen LogP contribution is 2.22. The zero-order chi connectivity index (χ0) is 12.6. The third-order valence-electron chi connectivity index (χ3n) is 2.15. The van der Waals surface area contributed by atoms with Crippen LogP contribution < -0.4 is 5.56 Å². The van der Waals surface area contributed by atoms with E-state index < -0.39 is 23.0 Å². The molecule has 3 nitrogen and oxygen atoms in total. The molecule has 0 bridgehead atoms. The lowest BCUT2D eigenvalue weighted by atomic mass is 10.1. The van der Waals surface area contributed by atoms with Crippen molar-refractivity contribution in [2.24, 2.45) is 0 Å². The van der Waals surface area contributed by atoms with Gasteiger partial charge in [-0.1, -0.05) is 0 Å². The number of aromatic amines is 1. The Morgan fingerprint density at radius 3 is 2.35 bits per heavy atom. The van der Waals surface area contributed by atoms with E-state index >= 15 is 0 Å². The number of aryl methyl sites for hydroxylation is 1. The molecule has 1 N–H and O–H groups in total. The van der Waals surface area contributed by atoms with Gasteiger partial charge in [0.1, 0.15) is 11.6 Å². The van der Waals surface area contributed by atoms with E-state index in [0.717, 1.165) is 6.07 Å². The van der Waals surface area contributed by atoms with E-state index in [9.17, 15) is 18.0 Å². The fourth-order valence-electron chi connectivity index (χ4n) is 1.44. The number of rotatable bonds is 1. The molecule has 0 radical (unpaired) electrons. The van der Waals surface area contributed by atoms with E-state index in [0.29, 0.717) is 12.1 Å². The highest BCUT2D eigenvalue weighted by atomic mass is 19.2. The normalized spacial score (nSPS) is 10.6. The second-order valence-corrected chi connectivity index (χ2v) is 3.46. The maximum Gasteiger partial charge on any atom is 0.251 e. The lowest BCUT2D eigenvalue weighted by molar-refractivity contribution is 0.496. The first kappa shape index (κ1) is 11.4. The van der Waals surface area contributed by atoms with E-state index in [-0.39, 0.29) is 17.1 Å². The SMILES string of the molecule is Cc1nc(-c2cc(F)c(F)cc2F)cc(=O)[nH]1. The number of H-pyrrole nitrogens is 1. The van der Waals surface area contributed by atoms with Gasteiger partial charge >= 0.3 is 0 Å². The van der Waals surface area contributed by atoms with Crippen LogP contribution in [0.15, 0.2) is 23.0 Å². The summed E-state index contributed by atoms with van der Waals surface area (Å²) in [7, 11) is 0. The summed E-state index contributed by atoms with van der Waals surface area (Å²) in [5.74, 6) is -3.19. The first-order valence-electron chi connectivity index (χ1n) is 4.70. The molecule has 0 saturated carbocycles. The summed E-state index contributed by atoms with van der Waals surface area (Å²) in [6.45, 7) is 1.50. The van der Waals surface area contributed by atoms with Gasteiger partial charge in [0.15, 0.2) is 11.6 Å². The Morgan fingerprint density at radius 2 is 1.71 bits per heavy atom. The molecule has 0 unspecified atom stereocenters. The minimum atomic E-state index is -1.28. The third kappa shape index (κ3) is 2.20. The van der Waals surface area contributed by atoms with Gasteiger partial charge in [-0.05, 0) is 13.0 Å². The van der Waals surface area contributed by atoms with Crippen LogP contribution in [0.25, 0.3) is 11.3 Å². The van der Waals surface area contributed by atoms with Crippen molar-refractivity contribution < 1.29 is 13.2 Å². The smallest absolute Gasteiger partial charge is 0.251 e. The molecule has 0 atom stereocenters. The Bertz CT molecular complexity index is 637. The van der Waals surface area contributed by atoms with Crippen molar-refractivity contribution in [3.8, 4) is 11.3 Å². The molecule has 0 amide bonds. The predicted octanol–water partition coefficient (Wildman–Crippen LogP) is 2.16. The Hall–Kier alpha value is -2.11. The molecule has 0 spiro atoms. The summed E-state index contributed by atoms with van der Waals surface area (Å²) < 4.78 is 39.1. The molecular formula is C11H7F3N2O. The van der Waals surface area contributed by atoms with Crippen molar-refractivity contribution >= 4 is 0 Å². The van der Waals surface area contributed by atoms with Crippen LogP contribution in [0.4, 0.5) is 13.2 Å². The molecule has 1 heterocycles. The molecule has 0 saturated heterocycles. The Labute approximate surface area is 94.0 Å². The van der Waals surface area contributed by atoms with Crippen LogP contribution in [0.3, 0.4) is 0 Å². The number of hydrogen-bond acceptors (Lipinski definition) is 2. The van der Waals surface area contributed by atoms with Gasteiger partial charge in [0.05, 0.1) is 5.69 Å². The topological polar surface area (TPSA) is 45.8 Å². The van der Waals surface area contributed by atoms with Crippen LogP contribution in [0.1, 0.15) is 5.82 Å². The first-order chi connectivity index (χ1) is 7.97. The van der Waals surface area contributed by atoms with E-state index in [1.807, 2.05) is 0 Å². The maximum atomic E-state index is 13.4. The van der Waals surface area contributed by atoms with Crippen molar-refractivity contribution in [2.75, 3.05) is 0 Å².